The van der Waals surface area contributed by atoms with Gasteiger partial charge in [0.25, 0.3) is 0 Å². The molecular weight excluding hydrogens is 505 g/mol. The minimum Gasteiger partial charge on any atom is -0.383 e. The lowest BCUT2D eigenvalue weighted by Gasteiger charge is -2.16. The molecular formula is C28H27F3N8. The summed E-state index contributed by atoms with van der Waals surface area (Å²) in [5.41, 5.74) is 9.25. The van der Waals surface area contributed by atoms with Crippen molar-refractivity contribution in [2.45, 2.75) is 39.7 Å². The van der Waals surface area contributed by atoms with Crippen LogP contribution in [0.25, 0.3) is 10.8 Å². The van der Waals surface area contributed by atoms with E-state index >= 15 is 0 Å². The number of nitrogens with zero attached hydrogens (tertiary/aromatic N) is 5. The second kappa shape index (κ2) is 10.6. The van der Waals surface area contributed by atoms with Crippen LogP contribution in [0.3, 0.4) is 0 Å². The number of aryl methyl sites for hydroxylation is 2. The summed E-state index contributed by atoms with van der Waals surface area (Å²) in [4.78, 5) is 12.6. The molecule has 0 saturated heterocycles. The molecule has 4 N–H and O–H groups in total. The van der Waals surface area contributed by atoms with Crippen LogP contribution in [0, 0.1) is 13.8 Å². The molecule has 3 aromatic heterocycles. The van der Waals surface area contributed by atoms with Crippen LogP contribution >= 0.6 is 0 Å². The van der Waals surface area contributed by atoms with E-state index < -0.39 is 11.7 Å². The summed E-state index contributed by atoms with van der Waals surface area (Å²) < 4.78 is 43.1. The van der Waals surface area contributed by atoms with Crippen molar-refractivity contribution in [2.75, 3.05) is 16.4 Å². The zero-order chi connectivity index (χ0) is 27.6. The maximum Gasteiger partial charge on any atom is 0.416 e. The number of nitrogens with two attached hydrogens (primary N) is 1. The van der Waals surface area contributed by atoms with E-state index in [1.54, 1.807) is 41.5 Å². The molecule has 8 nitrogen and oxygen atoms in total. The van der Waals surface area contributed by atoms with Crippen molar-refractivity contribution >= 4 is 28.2 Å². The smallest absolute Gasteiger partial charge is 0.383 e. The van der Waals surface area contributed by atoms with E-state index in [0.29, 0.717) is 29.6 Å². The standard InChI is InChI=1S/C28H27F3N8/c1-17-10-22-21(6-8-33-27(22)32)18(2)23(17)14-35-26-12-25(36-16-37-26)34-13-20-5-4-19(11-24(20)28(29,30)31)15-39-9-3-7-38-39/h3-12,16H,13-15H2,1-2H3,(H2,32,33)(H2,34,35,36,37). The lowest BCUT2D eigenvalue weighted by Crippen LogP contribution is -2.14. The van der Waals surface area contributed by atoms with E-state index in [1.165, 1.54) is 18.5 Å². The van der Waals surface area contributed by atoms with E-state index in [2.05, 4.69) is 30.7 Å². The van der Waals surface area contributed by atoms with Crippen molar-refractivity contribution in [1.82, 2.24) is 24.7 Å². The number of fused-ring (bicyclic) bond motifs is 1. The third kappa shape index (κ3) is 5.77. The number of anilines is 3. The number of hydrogen-bond donors (Lipinski definition) is 3. The first-order valence-electron chi connectivity index (χ1n) is 12.3. The Morgan fingerprint density at radius 1 is 0.897 bits per heavy atom. The number of benzene rings is 2. The van der Waals surface area contributed by atoms with Gasteiger partial charge in [-0.1, -0.05) is 12.1 Å². The van der Waals surface area contributed by atoms with Gasteiger partial charge in [0.1, 0.15) is 23.8 Å². The molecule has 11 heteroatoms. The molecule has 0 atom stereocenters. The predicted octanol–water partition coefficient (Wildman–Crippen LogP) is 5.71. The zero-order valence-electron chi connectivity index (χ0n) is 21.4. The van der Waals surface area contributed by atoms with Crippen molar-refractivity contribution in [3.63, 3.8) is 0 Å². The Bertz CT molecular complexity index is 1610. The van der Waals surface area contributed by atoms with Gasteiger partial charge in [0.05, 0.1) is 12.1 Å². The van der Waals surface area contributed by atoms with Crippen molar-refractivity contribution in [3.05, 3.63) is 101 Å². The number of rotatable bonds is 8. The molecule has 5 rings (SSSR count). The average molecular weight is 533 g/mol. The van der Waals surface area contributed by atoms with Gasteiger partial charge in [0, 0.05) is 43.1 Å². The third-order valence-electron chi connectivity index (χ3n) is 6.67. The van der Waals surface area contributed by atoms with Crippen LogP contribution in [0.15, 0.2) is 67.4 Å². The quantitative estimate of drug-likeness (QED) is 0.235. The SMILES string of the molecule is Cc1cc2c(N)nccc2c(C)c1CNc1cc(NCc2ccc(Cn3cccn3)cc2C(F)(F)F)ncn1. The molecule has 0 saturated carbocycles. The van der Waals surface area contributed by atoms with Crippen LogP contribution in [-0.4, -0.2) is 24.7 Å². The zero-order valence-corrected chi connectivity index (χ0v) is 21.4. The highest BCUT2D eigenvalue weighted by Crippen LogP contribution is 2.33. The van der Waals surface area contributed by atoms with Gasteiger partial charge in [-0.3, -0.25) is 4.68 Å². The van der Waals surface area contributed by atoms with Crippen LogP contribution in [0.1, 0.15) is 33.4 Å². The van der Waals surface area contributed by atoms with E-state index in [0.717, 1.165) is 27.5 Å². The number of nitrogen functional groups attached to an aromatic ring is 1. The Labute approximate surface area is 223 Å². The second-order valence-corrected chi connectivity index (χ2v) is 9.28. The molecule has 5 aromatic rings. The molecule has 0 fully saturated rings. The number of halogens is 3. The molecule has 39 heavy (non-hydrogen) atoms. The van der Waals surface area contributed by atoms with E-state index in [9.17, 15) is 13.2 Å². The predicted molar refractivity (Wildman–Crippen MR) is 145 cm³/mol. The molecule has 0 unspecified atom stereocenters. The van der Waals surface area contributed by atoms with Crippen molar-refractivity contribution in [3.8, 4) is 0 Å². The minimum absolute atomic E-state index is 0.0499. The summed E-state index contributed by atoms with van der Waals surface area (Å²) in [6.07, 6.45) is 1.86. The lowest BCUT2D eigenvalue weighted by atomic mass is 9.96. The normalized spacial score (nSPS) is 11.6. The first-order valence-corrected chi connectivity index (χ1v) is 12.3. The van der Waals surface area contributed by atoms with Gasteiger partial charge in [-0.25, -0.2) is 15.0 Å². The largest absolute Gasteiger partial charge is 0.416 e. The maximum atomic E-state index is 13.8. The highest BCUT2D eigenvalue weighted by Gasteiger charge is 2.33. The van der Waals surface area contributed by atoms with Crippen LogP contribution in [0.2, 0.25) is 0 Å². The topological polar surface area (TPSA) is 107 Å². The van der Waals surface area contributed by atoms with Gasteiger partial charge in [0.2, 0.25) is 0 Å². The fourth-order valence-electron chi connectivity index (χ4n) is 4.64. The molecule has 0 spiro atoms. The summed E-state index contributed by atoms with van der Waals surface area (Å²) in [7, 11) is 0. The molecule has 0 amide bonds. The van der Waals surface area contributed by atoms with Gasteiger partial charge in [-0.15, -0.1) is 0 Å². The van der Waals surface area contributed by atoms with E-state index in [1.807, 2.05) is 26.0 Å². The number of nitrogens with one attached hydrogen (secondary N) is 2. The van der Waals surface area contributed by atoms with Crippen LogP contribution in [0.5, 0.6) is 0 Å². The third-order valence-corrected chi connectivity index (χ3v) is 6.67. The Morgan fingerprint density at radius 3 is 2.38 bits per heavy atom. The number of pyridine rings is 1. The summed E-state index contributed by atoms with van der Waals surface area (Å²) in [6.45, 7) is 4.76. The van der Waals surface area contributed by atoms with Crippen LogP contribution in [0.4, 0.5) is 30.6 Å². The maximum absolute atomic E-state index is 13.8. The summed E-state index contributed by atoms with van der Waals surface area (Å²) >= 11 is 0. The Morgan fingerprint density at radius 2 is 1.67 bits per heavy atom. The fraction of sp³-hybridized carbons (Fsp3) is 0.214. The Balaban J connectivity index is 1.30. The second-order valence-electron chi connectivity index (χ2n) is 9.28. The highest BCUT2D eigenvalue weighted by atomic mass is 19.4. The van der Waals surface area contributed by atoms with Crippen LogP contribution < -0.4 is 16.4 Å². The van der Waals surface area contributed by atoms with Crippen molar-refractivity contribution < 1.29 is 13.2 Å². The summed E-state index contributed by atoms with van der Waals surface area (Å²) in [5, 5.41) is 12.3. The van der Waals surface area contributed by atoms with Gasteiger partial charge in [-0.05, 0) is 71.3 Å². The number of alkyl halides is 3. The molecule has 0 aliphatic rings. The Hall–Kier alpha value is -4.67. The number of aromatic nitrogens is 5. The molecule has 0 radical (unpaired) electrons. The summed E-state index contributed by atoms with van der Waals surface area (Å²) in [6, 6.07) is 11.7. The Kier molecular flexibility index (Phi) is 7.05. The lowest BCUT2D eigenvalue weighted by molar-refractivity contribution is -0.138. The van der Waals surface area contributed by atoms with Gasteiger partial charge in [-0.2, -0.15) is 18.3 Å². The van der Waals surface area contributed by atoms with Crippen molar-refractivity contribution in [2.24, 2.45) is 0 Å². The minimum atomic E-state index is -4.49. The molecule has 0 aliphatic heterocycles. The average Bonchev–Trinajstić information content (AvgIpc) is 3.41. The monoisotopic (exact) mass is 532 g/mol. The van der Waals surface area contributed by atoms with Crippen LogP contribution in [-0.2, 0) is 25.8 Å². The van der Waals surface area contributed by atoms with E-state index in [-0.39, 0.29) is 18.7 Å². The highest BCUT2D eigenvalue weighted by molar-refractivity contribution is 5.94. The number of hydrogen-bond acceptors (Lipinski definition) is 7. The summed E-state index contributed by atoms with van der Waals surface area (Å²) in [5.74, 6) is 1.45. The first-order chi connectivity index (χ1) is 18.7. The van der Waals surface area contributed by atoms with Gasteiger partial charge in [0.15, 0.2) is 0 Å². The molecule has 200 valence electrons. The molecule has 0 bridgehead atoms. The molecule has 2 aromatic carbocycles. The molecule has 3 heterocycles. The molecule has 0 aliphatic carbocycles. The first kappa shape index (κ1) is 26.0. The van der Waals surface area contributed by atoms with Gasteiger partial charge < -0.3 is 16.4 Å². The van der Waals surface area contributed by atoms with Gasteiger partial charge >= 0.3 is 6.18 Å². The van der Waals surface area contributed by atoms with Crippen molar-refractivity contribution in [1.29, 1.82) is 0 Å². The van der Waals surface area contributed by atoms with E-state index in [4.69, 9.17) is 5.73 Å². The fourth-order valence-corrected chi connectivity index (χ4v) is 4.64.